The molecule has 36 heteroatoms. The molecular weight excluding hydrogens is 1850 g/mol. The van der Waals surface area contributed by atoms with Crippen LogP contribution in [-0.2, 0) is 52.8 Å². The third kappa shape index (κ3) is 20.3. The molecule has 0 saturated carbocycles. The van der Waals surface area contributed by atoms with Crippen molar-refractivity contribution in [3.63, 3.8) is 0 Å². The summed E-state index contributed by atoms with van der Waals surface area (Å²) in [4.78, 5) is 16.6. The number of anilines is 5. The number of hydrogen-bond donors (Lipinski definition) is 0. The van der Waals surface area contributed by atoms with E-state index in [2.05, 4.69) is 19.8 Å². The SMILES string of the molecule is O=P(Oc1ccc2c(c1)CC(c1c(F)cc(F)cc1F)CO2)(Oc1ccc2c(c1)CN(c1c(F)cc(F)cc1F)CO2)c1ccc2c(c1)CN(c1c(F)cc(F)cc1F)CO2.O=P(Oc1ccc2c(c1)CN(c1cccnc1)CO2)(Oc1ccc2c(c1)CN(c1cccnc1)CO2)c1ccccc1.O=P(Oc1ccccc1)(Oc1ccccc1)c1ccc2c(c1)CN(c1ccc(F)c(F)c1)CO2. The highest BCUT2D eigenvalue weighted by atomic mass is 31.2. The lowest BCUT2D eigenvalue weighted by Crippen LogP contribution is -2.34. The molecule has 0 N–H and O–H groups in total. The van der Waals surface area contributed by atoms with E-state index in [-0.39, 0.29) is 80.0 Å². The quantitative estimate of drug-likeness (QED) is 0.0484. The van der Waals surface area contributed by atoms with E-state index in [9.17, 15) is 57.4 Å². The van der Waals surface area contributed by atoms with Crippen LogP contribution in [0.15, 0.2) is 304 Å². The minimum absolute atomic E-state index is 0.0102. The zero-order valence-corrected chi connectivity index (χ0v) is 74.4. The van der Waals surface area contributed by atoms with Gasteiger partial charge in [0, 0.05) is 106 Å². The van der Waals surface area contributed by atoms with Crippen LogP contribution in [0.3, 0.4) is 0 Å². The number of rotatable bonds is 21. The van der Waals surface area contributed by atoms with Gasteiger partial charge in [-0.1, -0.05) is 54.6 Å². The number of para-hydroxylation sites is 2. The lowest BCUT2D eigenvalue weighted by molar-refractivity contribution is 0.255. The second-order valence-corrected chi connectivity index (χ2v) is 37.6. The molecule has 6 aliphatic rings. The van der Waals surface area contributed by atoms with Crippen LogP contribution >= 0.6 is 22.8 Å². The normalized spacial score (nSPS) is 15.0. The molecule has 6 aliphatic heterocycles. The smallest absolute Gasteiger partial charge is 0.462 e. The first-order valence-corrected chi connectivity index (χ1v) is 47.1. The minimum Gasteiger partial charge on any atom is -0.493 e. The van der Waals surface area contributed by atoms with Gasteiger partial charge in [0.15, 0.2) is 68.6 Å². The zero-order chi connectivity index (χ0) is 94.6. The summed E-state index contributed by atoms with van der Waals surface area (Å²) in [6, 6.07) is 70.0. The Morgan fingerprint density at radius 1 is 0.270 bits per heavy atom. The molecule has 0 fully saturated rings. The predicted octanol–water partition coefficient (Wildman–Crippen LogP) is 22.8. The van der Waals surface area contributed by atoms with Crippen molar-refractivity contribution >= 4 is 67.1 Å². The average molecular weight is 1930 g/mol. The Bertz CT molecular complexity index is 6850. The molecule has 696 valence electrons. The molecule has 13 aromatic carbocycles. The van der Waals surface area contributed by atoms with Crippen LogP contribution in [0.5, 0.6) is 69.0 Å². The molecular formula is C101H75F11N7O15P3. The van der Waals surface area contributed by atoms with Crippen LogP contribution in [0.1, 0.15) is 44.9 Å². The Labute approximate surface area is 776 Å². The van der Waals surface area contributed by atoms with Crippen molar-refractivity contribution in [3.8, 4) is 69.0 Å². The summed E-state index contributed by atoms with van der Waals surface area (Å²) in [5.74, 6) is -8.37. The first-order chi connectivity index (χ1) is 66.3. The van der Waals surface area contributed by atoms with Gasteiger partial charge >= 0.3 is 22.8 Å². The number of benzene rings is 13. The number of aromatic nitrogens is 2. The van der Waals surface area contributed by atoms with E-state index in [1.165, 1.54) is 65.6 Å². The van der Waals surface area contributed by atoms with E-state index in [4.69, 9.17) is 55.6 Å². The highest BCUT2D eigenvalue weighted by molar-refractivity contribution is 7.63. The number of pyridine rings is 2. The summed E-state index contributed by atoms with van der Waals surface area (Å²) in [5.41, 5.74) is 4.42. The molecule has 0 saturated heterocycles. The van der Waals surface area contributed by atoms with Crippen LogP contribution in [0, 0.1) is 64.0 Å². The fraction of sp³-hybridized carbons (Fsp3) is 0.129. The maximum Gasteiger partial charge on any atom is 0.462 e. The van der Waals surface area contributed by atoms with E-state index < -0.39 is 104 Å². The number of nitrogens with zero attached hydrogens (tertiary/aromatic N) is 7. The van der Waals surface area contributed by atoms with Gasteiger partial charge in [0.2, 0.25) is 0 Å². The van der Waals surface area contributed by atoms with Crippen molar-refractivity contribution in [3.05, 3.63) is 407 Å². The predicted molar refractivity (Wildman–Crippen MR) is 488 cm³/mol. The summed E-state index contributed by atoms with van der Waals surface area (Å²) in [6.45, 7) is 1.41. The molecule has 15 aromatic rings. The van der Waals surface area contributed by atoms with Gasteiger partial charge in [0.1, 0.15) is 109 Å². The first-order valence-electron chi connectivity index (χ1n) is 42.5. The number of fused-ring (bicyclic) bond motifs is 6. The van der Waals surface area contributed by atoms with Crippen molar-refractivity contribution < 1.29 is 118 Å². The summed E-state index contributed by atoms with van der Waals surface area (Å²) < 4.78 is 273. The Morgan fingerprint density at radius 3 is 0.985 bits per heavy atom. The van der Waals surface area contributed by atoms with Gasteiger partial charge < -0.3 is 80.1 Å². The molecule has 0 bridgehead atoms. The Balaban J connectivity index is 0.000000138. The van der Waals surface area contributed by atoms with Crippen LogP contribution in [0.4, 0.5) is 76.7 Å². The highest BCUT2D eigenvalue weighted by Crippen LogP contribution is 2.54. The molecule has 0 radical (unpaired) electrons. The zero-order valence-electron chi connectivity index (χ0n) is 71.7. The fourth-order valence-corrected chi connectivity index (χ4v) is 21.0. The molecule has 21 rings (SSSR count). The summed E-state index contributed by atoms with van der Waals surface area (Å²) in [6.07, 6.45) is 7.08. The van der Waals surface area contributed by atoms with Crippen molar-refractivity contribution in [2.75, 3.05) is 64.8 Å². The lowest BCUT2D eigenvalue weighted by Gasteiger charge is -2.32. The van der Waals surface area contributed by atoms with Crippen LogP contribution in [0.2, 0.25) is 0 Å². The van der Waals surface area contributed by atoms with Crippen molar-refractivity contribution in [1.82, 2.24) is 9.97 Å². The summed E-state index contributed by atoms with van der Waals surface area (Å²) >= 11 is 0. The van der Waals surface area contributed by atoms with Gasteiger partial charge in [-0.3, -0.25) is 9.97 Å². The van der Waals surface area contributed by atoms with E-state index in [1.54, 1.807) is 121 Å². The van der Waals surface area contributed by atoms with Gasteiger partial charge in [0.05, 0.1) is 72.5 Å². The summed E-state index contributed by atoms with van der Waals surface area (Å²) in [7, 11) is -12.3. The number of hydrogen-bond acceptors (Lipinski definition) is 22. The monoisotopic (exact) mass is 1930 g/mol. The van der Waals surface area contributed by atoms with Crippen molar-refractivity contribution in [2.45, 2.75) is 45.1 Å². The Morgan fingerprint density at radius 2 is 0.599 bits per heavy atom. The standard InChI is InChI=1S/C43H28F9N2O6P.C32H27N4O5P.C26H20F2NO4P/c44-26-11-32(47)41(33(48)12-26)25-7-22-8-29(1-4-38(22)56-19-25)59-61(55,31-3-6-40-24(10-31)18-54(21-58-40)43-36(51)15-28(46)16-37(43)52)60-30-2-5-39-23(9-30)17-53(20-57-39)42-34(49)13-27(45)14-35(42)50;37-42(30-8-2-1-3-9-30,40-28-10-12-31-24(16-28)20-35(22-38-31)26-6-4-14-33-18-26)41-29-11-13-32-25(17-29)21-36(23-39-32)27-7-5-15-34-19-27;27-24-13-11-20(16-25(24)28)29-17-19-15-23(12-14-26(19)31-18-29)34(30,32-21-7-3-1-4-8-21)33-22-9-5-2-6-10-22/h1-6,8-16,25H,7,17-21H2;1-19H,20-23H2;1-16H,17-18H2. The van der Waals surface area contributed by atoms with Gasteiger partial charge in [-0.25, -0.2) is 62.0 Å². The number of ether oxygens (including phenoxy) is 6. The van der Waals surface area contributed by atoms with Gasteiger partial charge in [-0.05, 0) is 194 Å². The second-order valence-electron chi connectivity index (χ2n) is 32.0. The van der Waals surface area contributed by atoms with E-state index in [1.807, 2.05) is 78.9 Å². The second kappa shape index (κ2) is 38.9. The molecule has 2 atom stereocenters. The van der Waals surface area contributed by atoms with Gasteiger partial charge in [0.25, 0.3) is 0 Å². The van der Waals surface area contributed by atoms with Crippen molar-refractivity contribution in [2.24, 2.45) is 0 Å². The van der Waals surface area contributed by atoms with Gasteiger partial charge in [-0.2, -0.15) is 0 Å². The Hall–Kier alpha value is -15.3. The molecule has 0 spiro atoms. The molecule has 2 unspecified atom stereocenters. The first kappa shape index (κ1) is 90.8. The summed E-state index contributed by atoms with van der Waals surface area (Å²) in [5, 5.41) is 0.710. The van der Waals surface area contributed by atoms with E-state index >= 15 is 4.57 Å². The third-order valence-corrected chi connectivity index (χ3v) is 28.1. The largest absolute Gasteiger partial charge is 0.493 e. The van der Waals surface area contributed by atoms with Crippen molar-refractivity contribution in [1.29, 1.82) is 0 Å². The minimum atomic E-state index is -4.63. The van der Waals surface area contributed by atoms with E-state index in [0.717, 1.165) is 51.0 Å². The average Bonchev–Trinajstić information content (AvgIpc) is 0.762. The van der Waals surface area contributed by atoms with E-state index in [0.29, 0.717) is 143 Å². The van der Waals surface area contributed by atoms with Crippen LogP contribution in [0.25, 0.3) is 0 Å². The van der Waals surface area contributed by atoms with Crippen LogP contribution in [-0.4, -0.2) is 50.2 Å². The fourth-order valence-electron chi connectivity index (χ4n) is 16.2. The number of halogens is 11. The molecule has 137 heavy (non-hydrogen) atoms. The third-order valence-electron chi connectivity index (χ3n) is 22.7. The van der Waals surface area contributed by atoms with Gasteiger partial charge in [-0.15, -0.1) is 0 Å². The molecule has 8 heterocycles. The Kier molecular flexibility index (Phi) is 25.8. The topological polar surface area (TPSA) is 204 Å². The molecule has 2 aromatic heterocycles. The maximum atomic E-state index is 15.3. The maximum absolute atomic E-state index is 15.3. The molecule has 0 amide bonds. The lowest BCUT2D eigenvalue weighted by atomic mass is 9.89. The molecule has 0 aliphatic carbocycles. The molecule has 22 nitrogen and oxygen atoms in total. The van der Waals surface area contributed by atoms with Crippen LogP contribution < -0.4 is 96.0 Å². The highest BCUT2D eigenvalue weighted by Gasteiger charge is 2.40.